The molecule has 7 nitrogen and oxygen atoms in total. The summed E-state index contributed by atoms with van der Waals surface area (Å²) in [6.45, 7) is 5.86. The molecule has 0 saturated carbocycles. The van der Waals surface area contributed by atoms with Crippen LogP contribution >= 0.6 is 15.9 Å². The Balaban J connectivity index is 1.85. The monoisotopic (exact) mass is 479 g/mol. The lowest BCUT2D eigenvalue weighted by Crippen LogP contribution is -2.58. The van der Waals surface area contributed by atoms with Gasteiger partial charge in [0.1, 0.15) is 11.3 Å². The van der Waals surface area contributed by atoms with Crippen molar-refractivity contribution in [2.75, 3.05) is 37.4 Å². The number of Topliss-reactive ketones (excluding diaryl/α,β-unsaturated/α-hetero) is 1. The van der Waals surface area contributed by atoms with E-state index < -0.39 is 5.82 Å². The van der Waals surface area contributed by atoms with Crippen LogP contribution in [0.2, 0.25) is 0 Å². The molecule has 1 unspecified atom stereocenters. The van der Waals surface area contributed by atoms with Crippen LogP contribution in [0.5, 0.6) is 0 Å². The van der Waals surface area contributed by atoms with Crippen LogP contribution in [-0.2, 0) is 22.7 Å². The molecule has 1 fully saturated rings. The largest absolute Gasteiger partial charge is 0.372 e. The number of halogens is 2. The van der Waals surface area contributed by atoms with Gasteiger partial charge >= 0.3 is 0 Å². The number of carbonyl (C=O) groups is 1. The summed E-state index contributed by atoms with van der Waals surface area (Å²) in [6, 6.07) is 0.0345. The minimum atomic E-state index is -0.416. The molecule has 1 saturated heterocycles. The molecular formula is C21H27BrFN5O2. The van der Waals surface area contributed by atoms with E-state index in [1.807, 2.05) is 25.9 Å². The van der Waals surface area contributed by atoms with Crippen LogP contribution in [0.4, 0.5) is 16.2 Å². The summed E-state index contributed by atoms with van der Waals surface area (Å²) in [7, 11) is 4.08. The first-order valence-electron chi connectivity index (χ1n) is 10.3. The number of ketones is 1. The van der Waals surface area contributed by atoms with Crippen molar-refractivity contribution in [1.29, 1.82) is 0 Å². The van der Waals surface area contributed by atoms with Crippen molar-refractivity contribution in [3.63, 3.8) is 0 Å². The van der Waals surface area contributed by atoms with Gasteiger partial charge in [0.05, 0.1) is 29.1 Å². The molecule has 2 aliphatic heterocycles. The number of hydrogen-bond acceptors (Lipinski definition) is 7. The number of hydrogen-bond donors (Lipinski definition) is 1. The Morgan fingerprint density at radius 3 is 2.67 bits per heavy atom. The second kappa shape index (κ2) is 8.36. The van der Waals surface area contributed by atoms with Crippen molar-refractivity contribution in [1.82, 2.24) is 14.9 Å². The van der Waals surface area contributed by atoms with Gasteiger partial charge in [-0.3, -0.25) is 4.79 Å². The summed E-state index contributed by atoms with van der Waals surface area (Å²) in [5, 5.41) is 3.91. The highest BCUT2D eigenvalue weighted by atomic mass is 79.9. The normalized spacial score (nSPS) is 17.4. The van der Waals surface area contributed by atoms with Crippen LogP contribution in [0, 0.1) is 5.82 Å². The summed E-state index contributed by atoms with van der Waals surface area (Å²) >= 11 is 3.39. The van der Waals surface area contributed by atoms with Crippen molar-refractivity contribution < 1.29 is 13.9 Å². The molecule has 30 heavy (non-hydrogen) atoms. The van der Waals surface area contributed by atoms with E-state index in [-0.39, 0.29) is 17.3 Å². The Hall–Kier alpha value is -1.84. The summed E-state index contributed by atoms with van der Waals surface area (Å²) in [5.41, 5.74) is 1.91. The Labute approximate surface area is 184 Å². The maximum absolute atomic E-state index is 15.3. The number of benzene rings is 1. The number of nitrogens with zero attached hydrogens (tertiary/aromatic N) is 4. The molecule has 0 bridgehead atoms. The number of likely N-dealkylation sites (N-methyl/N-ethyl adjacent to an activating group) is 1. The molecule has 2 aliphatic rings. The van der Waals surface area contributed by atoms with E-state index in [1.54, 1.807) is 6.92 Å². The van der Waals surface area contributed by atoms with E-state index in [2.05, 4.69) is 31.1 Å². The third-order valence-electron chi connectivity index (χ3n) is 5.98. The van der Waals surface area contributed by atoms with Crippen LogP contribution in [0.1, 0.15) is 37.8 Å². The Morgan fingerprint density at radius 2 is 2.03 bits per heavy atom. The lowest BCUT2D eigenvalue weighted by molar-refractivity contribution is -0.117. The Morgan fingerprint density at radius 1 is 1.33 bits per heavy atom. The van der Waals surface area contributed by atoms with E-state index in [0.29, 0.717) is 47.3 Å². The van der Waals surface area contributed by atoms with Gasteiger partial charge in [-0.1, -0.05) is 13.3 Å². The highest BCUT2D eigenvalue weighted by Crippen LogP contribution is 2.40. The van der Waals surface area contributed by atoms with Crippen molar-refractivity contribution in [3.8, 4) is 0 Å². The first-order valence-corrected chi connectivity index (χ1v) is 11.1. The van der Waals surface area contributed by atoms with Gasteiger partial charge in [0.25, 0.3) is 0 Å². The number of ether oxygens (including phenoxy) is 1. The molecule has 1 aromatic carbocycles. The fourth-order valence-corrected chi connectivity index (χ4v) is 4.54. The zero-order valence-corrected chi connectivity index (χ0v) is 19.3. The molecule has 0 spiro atoms. The van der Waals surface area contributed by atoms with Crippen molar-refractivity contribution in [2.45, 2.75) is 52.0 Å². The van der Waals surface area contributed by atoms with E-state index in [4.69, 9.17) is 9.72 Å². The van der Waals surface area contributed by atoms with Gasteiger partial charge in [-0.2, -0.15) is 4.98 Å². The topological polar surface area (TPSA) is 70.6 Å². The summed E-state index contributed by atoms with van der Waals surface area (Å²) in [5.74, 6) is 0.601. The van der Waals surface area contributed by atoms with Gasteiger partial charge in [0.2, 0.25) is 5.95 Å². The molecule has 2 aromatic rings. The molecule has 0 radical (unpaired) electrons. The van der Waals surface area contributed by atoms with Crippen LogP contribution in [0.25, 0.3) is 10.9 Å². The van der Waals surface area contributed by atoms with Crippen molar-refractivity contribution >= 4 is 44.4 Å². The zero-order valence-electron chi connectivity index (χ0n) is 17.8. The fraction of sp³-hybridized carbons (Fsp3) is 0.571. The van der Waals surface area contributed by atoms with Crippen molar-refractivity contribution in [3.05, 3.63) is 21.4 Å². The average Bonchev–Trinajstić information content (AvgIpc) is 3.13. The van der Waals surface area contributed by atoms with E-state index >= 15 is 4.39 Å². The molecule has 162 valence electrons. The molecule has 4 rings (SSSR count). The molecule has 1 atom stereocenters. The molecule has 9 heteroatoms. The van der Waals surface area contributed by atoms with Gasteiger partial charge in [0.15, 0.2) is 11.6 Å². The number of rotatable bonds is 7. The van der Waals surface area contributed by atoms with Gasteiger partial charge in [-0.15, -0.1) is 0 Å². The highest BCUT2D eigenvalue weighted by molar-refractivity contribution is 9.10. The second-order valence-corrected chi connectivity index (χ2v) is 9.09. The van der Waals surface area contributed by atoms with E-state index in [1.165, 1.54) is 0 Å². The number of fused-ring (bicyclic) bond motifs is 3. The maximum atomic E-state index is 15.3. The molecular weight excluding hydrogens is 453 g/mol. The van der Waals surface area contributed by atoms with Crippen LogP contribution in [-0.4, -0.2) is 59.9 Å². The zero-order chi connectivity index (χ0) is 21.6. The second-order valence-electron chi connectivity index (χ2n) is 8.29. The van der Waals surface area contributed by atoms with Crippen LogP contribution < -0.4 is 10.2 Å². The fourth-order valence-electron chi connectivity index (χ4n) is 4.00. The number of aromatic nitrogens is 2. The summed E-state index contributed by atoms with van der Waals surface area (Å²) in [6.07, 6.45) is 1.53. The minimum Gasteiger partial charge on any atom is -0.372 e. The SMILES string of the molecule is CCCC(Nc1nc(N2CC(N(C)C)C2)nc2c(F)c(Br)c3c(c12)COC3)C(C)=O. The first-order chi connectivity index (χ1) is 14.3. The van der Waals surface area contributed by atoms with Gasteiger partial charge in [-0.05, 0) is 48.9 Å². The predicted molar refractivity (Wildman–Crippen MR) is 118 cm³/mol. The third-order valence-corrected chi connectivity index (χ3v) is 6.80. The predicted octanol–water partition coefficient (Wildman–Crippen LogP) is 3.48. The standard InChI is InChI=1S/C21H27BrFN5O2/c1-5-6-15(11(2)29)24-20-16-13-9-30-10-14(13)17(22)18(23)19(16)25-21(26-20)28-7-12(8-28)27(3)4/h12,15H,5-10H2,1-4H3,(H,24,25,26). The number of anilines is 2. The quantitative estimate of drug-likeness (QED) is 0.651. The smallest absolute Gasteiger partial charge is 0.228 e. The van der Waals surface area contributed by atoms with Gasteiger partial charge in [-0.25, -0.2) is 9.37 Å². The molecule has 3 heterocycles. The van der Waals surface area contributed by atoms with Crippen LogP contribution in [0.3, 0.4) is 0 Å². The molecule has 1 aromatic heterocycles. The summed E-state index contributed by atoms with van der Waals surface area (Å²) < 4.78 is 21.3. The lowest BCUT2D eigenvalue weighted by Gasteiger charge is -2.42. The van der Waals surface area contributed by atoms with E-state index in [0.717, 1.165) is 30.6 Å². The molecule has 0 amide bonds. The average molecular weight is 480 g/mol. The Kier molecular flexibility index (Phi) is 5.96. The number of carbonyl (C=O) groups excluding carboxylic acids is 1. The summed E-state index contributed by atoms with van der Waals surface area (Å²) in [4.78, 5) is 25.8. The minimum absolute atomic E-state index is 0.0345. The van der Waals surface area contributed by atoms with Crippen molar-refractivity contribution in [2.24, 2.45) is 0 Å². The van der Waals surface area contributed by atoms with Gasteiger partial charge in [0, 0.05) is 24.7 Å². The Bertz CT molecular complexity index is 994. The lowest BCUT2D eigenvalue weighted by atomic mass is 10.0. The maximum Gasteiger partial charge on any atom is 0.228 e. The highest BCUT2D eigenvalue weighted by Gasteiger charge is 2.33. The third kappa shape index (κ3) is 3.67. The van der Waals surface area contributed by atoms with Crippen LogP contribution in [0.15, 0.2) is 4.47 Å². The molecule has 0 aliphatic carbocycles. The van der Waals surface area contributed by atoms with Gasteiger partial charge < -0.3 is 19.9 Å². The molecule has 1 N–H and O–H groups in total. The number of nitrogens with one attached hydrogen (secondary N) is 1. The first kappa shape index (κ1) is 21.4. The van der Waals surface area contributed by atoms with E-state index in [9.17, 15) is 4.79 Å².